The third kappa shape index (κ3) is 3.60. The van der Waals surface area contributed by atoms with E-state index < -0.39 is 5.82 Å². The van der Waals surface area contributed by atoms with E-state index in [1.807, 2.05) is 0 Å². The van der Waals surface area contributed by atoms with Gasteiger partial charge in [-0.3, -0.25) is 0 Å². The molecule has 2 N–H and O–H groups in total. The highest BCUT2D eigenvalue weighted by Gasteiger charge is 2.07. The zero-order valence-electron chi connectivity index (χ0n) is 10.2. The molecule has 0 radical (unpaired) electrons. The Morgan fingerprint density at radius 2 is 1.90 bits per heavy atom. The summed E-state index contributed by atoms with van der Waals surface area (Å²) in [6.45, 7) is 0.181. The summed E-state index contributed by atoms with van der Waals surface area (Å²) in [5, 5.41) is 0.888. The van der Waals surface area contributed by atoms with E-state index in [1.165, 1.54) is 12.1 Å². The molecule has 0 saturated carbocycles. The Morgan fingerprint density at radius 1 is 1.15 bits per heavy atom. The van der Waals surface area contributed by atoms with E-state index in [0.29, 0.717) is 15.6 Å². The maximum absolute atomic E-state index is 13.8. The lowest BCUT2D eigenvalue weighted by molar-refractivity contribution is 0.290. The van der Waals surface area contributed by atoms with Crippen LogP contribution in [0.5, 0.6) is 5.75 Å². The van der Waals surface area contributed by atoms with Gasteiger partial charge in [0.2, 0.25) is 0 Å². The quantitative estimate of drug-likeness (QED) is 0.847. The van der Waals surface area contributed by atoms with Crippen molar-refractivity contribution in [3.8, 4) is 5.75 Å². The second-order valence-corrected chi connectivity index (χ2v) is 5.30. The first-order chi connectivity index (χ1) is 9.47. The Morgan fingerprint density at radius 3 is 2.50 bits per heavy atom. The molecule has 0 aliphatic carbocycles. The van der Waals surface area contributed by atoms with E-state index in [0.717, 1.165) is 5.56 Å². The van der Waals surface area contributed by atoms with E-state index in [9.17, 15) is 4.39 Å². The topological polar surface area (TPSA) is 35.2 Å². The zero-order chi connectivity index (χ0) is 14.7. The molecule has 0 aromatic heterocycles. The molecule has 0 spiro atoms. The molecular formula is C14H10Cl2FNOS. The number of nitrogens with two attached hydrogens (primary N) is 1. The molecule has 2 nitrogen and oxygen atoms in total. The predicted molar refractivity (Wildman–Crippen MR) is 83.1 cm³/mol. The first-order valence-corrected chi connectivity index (χ1v) is 6.80. The van der Waals surface area contributed by atoms with E-state index in [4.69, 9.17) is 45.9 Å². The molecule has 0 saturated heterocycles. The third-order valence-electron chi connectivity index (χ3n) is 2.59. The fraction of sp³-hybridized carbons (Fsp3) is 0.0714. The van der Waals surface area contributed by atoms with Crippen molar-refractivity contribution in [1.29, 1.82) is 0 Å². The number of halogens is 3. The van der Waals surface area contributed by atoms with Gasteiger partial charge in [-0.15, -0.1) is 0 Å². The van der Waals surface area contributed by atoms with Gasteiger partial charge in [0.05, 0.1) is 10.0 Å². The minimum Gasteiger partial charge on any atom is -0.486 e. The summed E-state index contributed by atoms with van der Waals surface area (Å²) in [4.78, 5) is 0.139. The Kier molecular flexibility index (Phi) is 4.81. The van der Waals surface area contributed by atoms with Crippen molar-refractivity contribution < 1.29 is 9.13 Å². The van der Waals surface area contributed by atoms with Crippen molar-refractivity contribution in [1.82, 2.24) is 0 Å². The summed E-state index contributed by atoms with van der Waals surface area (Å²) < 4.78 is 19.2. The molecule has 2 rings (SSSR count). The van der Waals surface area contributed by atoms with Gasteiger partial charge in [-0.1, -0.05) is 41.5 Å². The van der Waals surface area contributed by atoms with Crippen molar-refractivity contribution in [2.75, 3.05) is 0 Å². The van der Waals surface area contributed by atoms with Crippen molar-refractivity contribution in [2.45, 2.75) is 6.61 Å². The van der Waals surface area contributed by atoms with Crippen LogP contribution < -0.4 is 10.5 Å². The van der Waals surface area contributed by atoms with Gasteiger partial charge >= 0.3 is 0 Å². The molecule has 104 valence electrons. The molecule has 2 aromatic carbocycles. The van der Waals surface area contributed by atoms with Gasteiger partial charge in [0.25, 0.3) is 0 Å². The molecular weight excluding hydrogens is 320 g/mol. The van der Waals surface area contributed by atoms with Gasteiger partial charge in [-0.05, 0) is 35.9 Å². The highest BCUT2D eigenvalue weighted by Crippen LogP contribution is 2.24. The summed E-state index contributed by atoms with van der Waals surface area (Å²) in [6, 6.07) is 9.43. The molecule has 0 aliphatic heterocycles. The van der Waals surface area contributed by atoms with E-state index >= 15 is 0 Å². The fourth-order valence-electron chi connectivity index (χ4n) is 1.56. The molecule has 0 amide bonds. The standard InChI is InChI=1S/C14H10Cl2FNOS/c15-10-3-1-8(5-11(10)16)7-19-13-4-2-9(14(18)20)6-12(13)17/h1-6H,7H2,(H2,18,20). The summed E-state index contributed by atoms with van der Waals surface area (Å²) in [7, 11) is 0. The van der Waals surface area contributed by atoms with Gasteiger partial charge in [0.1, 0.15) is 11.6 Å². The Hall–Kier alpha value is -1.36. The van der Waals surface area contributed by atoms with Gasteiger partial charge in [0.15, 0.2) is 11.6 Å². The highest BCUT2D eigenvalue weighted by atomic mass is 35.5. The zero-order valence-corrected chi connectivity index (χ0v) is 12.5. The van der Waals surface area contributed by atoms with E-state index in [-0.39, 0.29) is 17.3 Å². The molecule has 0 unspecified atom stereocenters. The Labute approximate surface area is 131 Å². The minimum atomic E-state index is -0.518. The van der Waals surface area contributed by atoms with E-state index in [1.54, 1.807) is 24.3 Å². The maximum Gasteiger partial charge on any atom is 0.165 e. The van der Waals surface area contributed by atoms with Crippen LogP contribution in [0.3, 0.4) is 0 Å². The van der Waals surface area contributed by atoms with Crippen molar-refractivity contribution in [2.24, 2.45) is 5.73 Å². The maximum atomic E-state index is 13.8. The normalized spacial score (nSPS) is 10.3. The van der Waals surface area contributed by atoms with Crippen LogP contribution in [-0.4, -0.2) is 4.99 Å². The minimum absolute atomic E-state index is 0.121. The van der Waals surface area contributed by atoms with Crippen LogP contribution >= 0.6 is 35.4 Å². The van der Waals surface area contributed by atoms with Crippen LogP contribution in [0.2, 0.25) is 10.0 Å². The molecule has 0 atom stereocenters. The second kappa shape index (κ2) is 6.39. The van der Waals surface area contributed by atoms with Gasteiger partial charge in [0, 0.05) is 5.56 Å². The molecule has 0 bridgehead atoms. The van der Waals surface area contributed by atoms with Crippen molar-refractivity contribution in [3.63, 3.8) is 0 Å². The van der Waals surface area contributed by atoms with Crippen LogP contribution in [0.25, 0.3) is 0 Å². The van der Waals surface area contributed by atoms with Crippen LogP contribution in [0.15, 0.2) is 36.4 Å². The molecule has 6 heteroatoms. The lowest BCUT2D eigenvalue weighted by Crippen LogP contribution is -2.09. The SMILES string of the molecule is NC(=S)c1ccc(OCc2ccc(Cl)c(Cl)c2)c(F)c1. The number of benzene rings is 2. The number of hydrogen-bond donors (Lipinski definition) is 1. The van der Waals surface area contributed by atoms with Crippen LogP contribution in [0, 0.1) is 5.82 Å². The predicted octanol–water partition coefficient (Wildman–Crippen LogP) is 4.35. The first kappa shape index (κ1) is 15.0. The first-order valence-electron chi connectivity index (χ1n) is 5.63. The summed E-state index contributed by atoms with van der Waals surface area (Å²) in [5.41, 5.74) is 6.67. The molecule has 0 heterocycles. The average molecular weight is 330 g/mol. The van der Waals surface area contributed by atoms with Crippen LogP contribution in [0.1, 0.15) is 11.1 Å². The largest absolute Gasteiger partial charge is 0.486 e. The second-order valence-electron chi connectivity index (χ2n) is 4.05. The lowest BCUT2D eigenvalue weighted by Gasteiger charge is -2.09. The van der Waals surface area contributed by atoms with Crippen molar-refractivity contribution >= 4 is 40.4 Å². The van der Waals surface area contributed by atoms with Gasteiger partial charge in [-0.2, -0.15) is 0 Å². The molecule has 0 fully saturated rings. The Bertz CT molecular complexity index is 664. The van der Waals surface area contributed by atoms with E-state index in [2.05, 4.69) is 0 Å². The summed E-state index contributed by atoms with van der Waals surface area (Å²) in [6.07, 6.45) is 0. The number of hydrogen-bond acceptors (Lipinski definition) is 2. The van der Waals surface area contributed by atoms with Gasteiger partial charge in [-0.25, -0.2) is 4.39 Å². The molecule has 0 aliphatic rings. The average Bonchev–Trinajstić information content (AvgIpc) is 2.41. The highest BCUT2D eigenvalue weighted by molar-refractivity contribution is 7.80. The number of ether oxygens (including phenoxy) is 1. The number of rotatable bonds is 4. The smallest absolute Gasteiger partial charge is 0.165 e. The summed E-state index contributed by atoms with van der Waals surface area (Å²) in [5.74, 6) is -0.397. The summed E-state index contributed by atoms with van der Waals surface area (Å²) >= 11 is 16.5. The van der Waals surface area contributed by atoms with Gasteiger partial charge < -0.3 is 10.5 Å². The van der Waals surface area contributed by atoms with Crippen LogP contribution in [-0.2, 0) is 6.61 Å². The fourth-order valence-corrected chi connectivity index (χ4v) is 2.01. The van der Waals surface area contributed by atoms with Crippen LogP contribution in [0.4, 0.5) is 4.39 Å². The van der Waals surface area contributed by atoms with Crippen molar-refractivity contribution in [3.05, 3.63) is 63.4 Å². The molecule has 2 aromatic rings. The lowest BCUT2D eigenvalue weighted by atomic mass is 10.2. The third-order valence-corrected chi connectivity index (χ3v) is 3.57. The Balaban J connectivity index is 2.10. The monoisotopic (exact) mass is 329 g/mol. The molecule has 20 heavy (non-hydrogen) atoms. The number of thiocarbonyl (C=S) groups is 1.